The predicted octanol–water partition coefficient (Wildman–Crippen LogP) is 3.77. The third kappa shape index (κ3) is 4.62. The summed E-state index contributed by atoms with van der Waals surface area (Å²) in [5.41, 5.74) is 2.24. The third-order valence-electron chi connectivity index (χ3n) is 5.27. The molecular weight excluding hydrogens is 481 g/mol. The number of hydrogen-bond donors (Lipinski definition) is 1. The Hall–Kier alpha value is -3.43. The van der Waals surface area contributed by atoms with Gasteiger partial charge in [0.25, 0.3) is 11.5 Å². The van der Waals surface area contributed by atoms with Gasteiger partial charge in [0.05, 0.1) is 29.0 Å². The fraction of sp³-hybridized carbons (Fsp3) is 0.208. The van der Waals surface area contributed by atoms with Crippen LogP contribution in [0.2, 0.25) is 5.02 Å². The molecule has 34 heavy (non-hydrogen) atoms. The maximum atomic E-state index is 12.9. The first-order valence-electron chi connectivity index (χ1n) is 10.3. The molecule has 176 valence electrons. The topological polar surface area (TPSA) is 84.1 Å². The second-order valence-electron chi connectivity index (χ2n) is 7.59. The van der Waals surface area contributed by atoms with Crippen LogP contribution in [-0.4, -0.2) is 52.7 Å². The van der Waals surface area contributed by atoms with E-state index in [0.717, 1.165) is 5.56 Å². The summed E-state index contributed by atoms with van der Waals surface area (Å²) < 4.78 is 19.4. The smallest absolute Gasteiger partial charge is 0.274 e. The van der Waals surface area contributed by atoms with Gasteiger partial charge in [-0.05, 0) is 42.3 Å². The Morgan fingerprint density at radius 3 is 2.71 bits per heavy atom. The molecule has 0 aliphatic rings. The van der Waals surface area contributed by atoms with Crippen LogP contribution in [0, 0.1) is 0 Å². The maximum absolute atomic E-state index is 12.9. The molecule has 2 aromatic heterocycles. The number of thiazole rings is 1. The van der Waals surface area contributed by atoms with Crippen molar-refractivity contribution in [3.8, 4) is 22.8 Å². The maximum Gasteiger partial charge on any atom is 0.274 e. The quantitative estimate of drug-likeness (QED) is 0.417. The second kappa shape index (κ2) is 9.82. The number of carbonyl (C=O) groups excluding carboxylic acids is 1. The fourth-order valence-corrected chi connectivity index (χ4v) is 4.63. The molecule has 0 bridgehead atoms. The molecule has 0 spiro atoms. The van der Waals surface area contributed by atoms with Crippen molar-refractivity contribution in [2.45, 2.75) is 6.42 Å². The standard InChI is InChI=1S/C24H21ClFN3O4S/c1-28(9-3-8-26)22(31)16-6-4-15(5-7-16)18-13-29-23(32)20(34-24(29)27-18)12-14-10-17(25)21(30)19(11-14)33-2/h4-7,10-13,30H,3,8-9H2,1-2H3. The average Bonchev–Trinajstić information content (AvgIpc) is 3.38. The van der Waals surface area contributed by atoms with E-state index in [1.165, 1.54) is 27.7 Å². The van der Waals surface area contributed by atoms with E-state index in [2.05, 4.69) is 4.98 Å². The molecule has 0 radical (unpaired) electrons. The van der Waals surface area contributed by atoms with Crippen LogP contribution in [0.5, 0.6) is 11.5 Å². The van der Waals surface area contributed by atoms with E-state index in [1.54, 1.807) is 55.7 Å². The first-order chi connectivity index (χ1) is 16.3. The molecule has 0 aliphatic heterocycles. The summed E-state index contributed by atoms with van der Waals surface area (Å²) in [4.78, 5) is 31.9. The molecular formula is C24H21ClFN3O4S. The zero-order valence-corrected chi connectivity index (χ0v) is 20.0. The fourth-order valence-electron chi connectivity index (χ4n) is 3.46. The highest BCUT2D eigenvalue weighted by molar-refractivity contribution is 7.15. The number of halogens is 2. The third-order valence-corrected chi connectivity index (χ3v) is 6.55. The zero-order valence-electron chi connectivity index (χ0n) is 18.4. The highest BCUT2D eigenvalue weighted by Gasteiger charge is 2.14. The van der Waals surface area contributed by atoms with E-state index in [-0.39, 0.29) is 28.0 Å². The highest BCUT2D eigenvalue weighted by Crippen LogP contribution is 2.35. The number of alkyl halides is 1. The minimum Gasteiger partial charge on any atom is -0.503 e. The zero-order chi connectivity index (χ0) is 24.4. The first-order valence-corrected chi connectivity index (χ1v) is 11.5. The van der Waals surface area contributed by atoms with Gasteiger partial charge in [-0.15, -0.1) is 0 Å². The average molecular weight is 502 g/mol. The number of ether oxygens (including phenoxy) is 1. The number of hydrogen-bond acceptors (Lipinski definition) is 6. The van der Waals surface area contributed by atoms with E-state index in [0.29, 0.717) is 39.3 Å². The molecule has 7 nitrogen and oxygen atoms in total. The Kier molecular flexibility index (Phi) is 6.85. The molecule has 2 heterocycles. The van der Waals surface area contributed by atoms with Gasteiger partial charge < -0.3 is 14.7 Å². The number of fused-ring (bicyclic) bond motifs is 1. The molecule has 4 aromatic rings. The number of phenols is 1. The van der Waals surface area contributed by atoms with Crippen molar-refractivity contribution in [3.05, 3.63) is 73.6 Å². The van der Waals surface area contributed by atoms with Crippen molar-refractivity contribution in [1.82, 2.24) is 14.3 Å². The lowest BCUT2D eigenvalue weighted by molar-refractivity contribution is 0.0791. The number of phenolic OH excluding ortho intramolecular Hbond substituents is 1. The number of methoxy groups -OCH3 is 1. The van der Waals surface area contributed by atoms with Crippen LogP contribution in [0.1, 0.15) is 22.3 Å². The van der Waals surface area contributed by atoms with Gasteiger partial charge in [-0.3, -0.25) is 18.4 Å². The van der Waals surface area contributed by atoms with Gasteiger partial charge in [0.2, 0.25) is 0 Å². The largest absolute Gasteiger partial charge is 0.503 e. The molecule has 4 rings (SSSR count). The Bertz CT molecular complexity index is 1470. The molecule has 1 N–H and O–H groups in total. The minimum atomic E-state index is -0.466. The van der Waals surface area contributed by atoms with E-state index in [4.69, 9.17) is 16.3 Å². The Labute approximate surface area is 203 Å². The van der Waals surface area contributed by atoms with Crippen LogP contribution in [-0.2, 0) is 0 Å². The monoisotopic (exact) mass is 501 g/mol. The van der Waals surface area contributed by atoms with E-state index in [1.807, 2.05) is 0 Å². The van der Waals surface area contributed by atoms with Crippen LogP contribution in [0.25, 0.3) is 22.3 Å². The summed E-state index contributed by atoms with van der Waals surface area (Å²) in [5, 5.41) is 10.0. The van der Waals surface area contributed by atoms with Crippen LogP contribution in [0.15, 0.2) is 47.4 Å². The molecule has 10 heteroatoms. The summed E-state index contributed by atoms with van der Waals surface area (Å²) in [7, 11) is 3.06. The minimum absolute atomic E-state index is 0.122. The Morgan fingerprint density at radius 2 is 2.06 bits per heavy atom. The first kappa shape index (κ1) is 23.7. The van der Waals surface area contributed by atoms with Crippen molar-refractivity contribution in [3.63, 3.8) is 0 Å². The number of aromatic nitrogens is 2. The number of rotatable bonds is 7. The predicted molar refractivity (Wildman–Crippen MR) is 131 cm³/mol. The van der Waals surface area contributed by atoms with Crippen LogP contribution < -0.4 is 14.8 Å². The van der Waals surface area contributed by atoms with Gasteiger partial charge in [-0.1, -0.05) is 35.1 Å². The summed E-state index contributed by atoms with van der Waals surface area (Å²) in [6, 6.07) is 10.1. The number of benzene rings is 2. The molecule has 0 saturated heterocycles. The molecule has 2 aromatic carbocycles. The molecule has 0 atom stereocenters. The van der Waals surface area contributed by atoms with Crippen molar-refractivity contribution in [2.24, 2.45) is 0 Å². The van der Waals surface area contributed by atoms with Crippen LogP contribution in [0.4, 0.5) is 4.39 Å². The number of imidazole rings is 1. The Balaban J connectivity index is 1.62. The summed E-state index contributed by atoms with van der Waals surface area (Å²) in [6.45, 7) is -0.116. The number of nitrogens with zero attached hydrogens (tertiary/aromatic N) is 3. The van der Waals surface area contributed by atoms with Gasteiger partial charge in [0.15, 0.2) is 16.5 Å². The van der Waals surface area contributed by atoms with Gasteiger partial charge in [0, 0.05) is 30.9 Å². The highest BCUT2D eigenvalue weighted by atomic mass is 35.5. The summed E-state index contributed by atoms with van der Waals surface area (Å²) in [6.07, 6.45) is 3.62. The second-order valence-corrected chi connectivity index (χ2v) is 9.01. The Morgan fingerprint density at radius 1 is 1.32 bits per heavy atom. The lowest BCUT2D eigenvalue weighted by atomic mass is 10.1. The van der Waals surface area contributed by atoms with Crippen molar-refractivity contribution in [1.29, 1.82) is 0 Å². The van der Waals surface area contributed by atoms with Crippen molar-refractivity contribution in [2.75, 3.05) is 27.4 Å². The normalized spacial score (nSPS) is 11.8. The van der Waals surface area contributed by atoms with Gasteiger partial charge in [0.1, 0.15) is 0 Å². The number of carbonyl (C=O) groups is 1. The van der Waals surface area contributed by atoms with E-state index < -0.39 is 6.67 Å². The molecule has 1 amide bonds. The molecule has 0 unspecified atom stereocenters. The summed E-state index contributed by atoms with van der Waals surface area (Å²) in [5.74, 6) is -0.127. The molecule has 0 saturated carbocycles. The van der Waals surface area contributed by atoms with Gasteiger partial charge in [-0.2, -0.15) is 0 Å². The molecule has 0 aliphatic carbocycles. The number of aromatic hydroxyl groups is 1. The lowest BCUT2D eigenvalue weighted by Crippen LogP contribution is -2.27. The van der Waals surface area contributed by atoms with Crippen molar-refractivity contribution >= 4 is 39.9 Å². The number of amides is 1. The SMILES string of the molecule is COc1cc(C=c2sc3nc(-c4ccc(C(=O)N(C)CCCF)cc4)cn3c2=O)cc(Cl)c1O. The molecule has 0 fully saturated rings. The van der Waals surface area contributed by atoms with Gasteiger partial charge >= 0.3 is 0 Å². The lowest BCUT2D eigenvalue weighted by Gasteiger charge is -2.16. The van der Waals surface area contributed by atoms with E-state index >= 15 is 0 Å². The van der Waals surface area contributed by atoms with Crippen molar-refractivity contribution < 1.29 is 19.0 Å². The van der Waals surface area contributed by atoms with Gasteiger partial charge in [-0.25, -0.2) is 4.98 Å². The van der Waals surface area contributed by atoms with Crippen LogP contribution in [0.3, 0.4) is 0 Å². The summed E-state index contributed by atoms with van der Waals surface area (Å²) >= 11 is 7.26. The van der Waals surface area contributed by atoms with E-state index in [9.17, 15) is 19.1 Å². The van der Waals surface area contributed by atoms with Crippen LogP contribution >= 0.6 is 22.9 Å².